The van der Waals surface area contributed by atoms with E-state index >= 15 is 0 Å². The van der Waals surface area contributed by atoms with Gasteiger partial charge in [-0.25, -0.2) is 0 Å². The van der Waals surface area contributed by atoms with Crippen molar-refractivity contribution in [3.63, 3.8) is 0 Å². The van der Waals surface area contributed by atoms with Crippen molar-refractivity contribution in [2.75, 3.05) is 0 Å². The molecule has 4 heteroatoms. The van der Waals surface area contributed by atoms with E-state index in [-0.39, 0.29) is 4.93 Å². The minimum atomic E-state index is -0.316. The van der Waals surface area contributed by atoms with E-state index in [1.54, 1.807) is 0 Å². The lowest BCUT2D eigenvalue weighted by atomic mass is 9.76. The molecule has 3 saturated heterocycles. The molecule has 0 amide bonds. The number of rotatable bonds is 5. The lowest BCUT2D eigenvalue weighted by molar-refractivity contribution is 0.144. The van der Waals surface area contributed by atoms with E-state index in [0.717, 1.165) is 5.25 Å². The molecule has 6 unspecified atom stereocenters. The van der Waals surface area contributed by atoms with Crippen LogP contribution in [0.5, 0.6) is 0 Å². The highest BCUT2D eigenvalue weighted by atomic mass is 32.2. The van der Waals surface area contributed by atoms with Gasteiger partial charge in [-0.15, -0.1) is 35.3 Å². The number of hydrogen-bond acceptors (Lipinski definition) is 4. The quantitative estimate of drug-likeness (QED) is 0.617. The van der Waals surface area contributed by atoms with E-state index in [2.05, 4.69) is 37.4 Å². The van der Waals surface area contributed by atoms with Crippen LogP contribution in [0.15, 0.2) is 0 Å². The summed E-state index contributed by atoms with van der Waals surface area (Å²) in [4.78, 5) is -0.316. The summed E-state index contributed by atoms with van der Waals surface area (Å²) in [6, 6.07) is 0. The predicted octanol–water partition coefficient (Wildman–Crippen LogP) is 3.50. The molecular formula is C13H20OS3. The molecule has 0 aromatic carbocycles. The van der Waals surface area contributed by atoms with Crippen LogP contribution in [-0.4, -0.2) is 35.3 Å². The Bertz CT molecular complexity index is 376. The van der Waals surface area contributed by atoms with Gasteiger partial charge in [-0.3, -0.25) is 0 Å². The second-order valence-electron chi connectivity index (χ2n) is 6.13. The third kappa shape index (κ3) is 1.31. The first-order valence-corrected chi connectivity index (χ1v) is 9.48. The Kier molecular flexibility index (Phi) is 2.33. The maximum absolute atomic E-state index is 10.6. The molecule has 1 aliphatic carbocycles. The smallest absolute Gasteiger partial charge is 0.137 e. The molecule has 1 nitrogen and oxygen atoms in total. The molecule has 0 radical (unpaired) electrons. The maximum Gasteiger partial charge on any atom is 0.137 e. The van der Waals surface area contributed by atoms with Crippen LogP contribution >= 0.6 is 35.3 Å². The molecule has 0 spiro atoms. The molecular weight excluding hydrogens is 268 g/mol. The summed E-state index contributed by atoms with van der Waals surface area (Å²) >= 11 is 6.13. The number of fused-ring (bicyclic) bond motifs is 6. The van der Waals surface area contributed by atoms with Crippen LogP contribution < -0.4 is 0 Å². The van der Waals surface area contributed by atoms with Crippen LogP contribution in [0.1, 0.15) is 46.0 Å². The van der Waals surface area contributed by atoms with Gasteiger partial charge < -0.3 is 5.11 Å². The molecule has 0 bridgehead atoms. The zero-order valence-corrected chi connectivity index (χ0v) is 12.9. The van der Waals surface area contributed by atoms with Crippen LogP contribution in [0.25, 0.3) is 0 Å². The van der Waals surface area contributed by atoms with E-state index in [0.29, 0.717) is 20.0 Å². The van der Waals surface area contributed by atoms with Crippen LogP contribution in [0, 0.1) is 0 Å². The normalized spacial score (nSPS) is 61.2. The Hall–Kier alpha value is 1.01. The van der Waals surface area contributed by atoms with Gasteiger partial charge in [-0.1, -0.05) is 32.6 Å². The topological polar surface area (TPSA) is 20.2 Å². The van der Waals surface area contributed by atoms with E-state index in [1.807, 2.05) is 11.8 Å². The second-order valence-corrected chi connectivity index (χ2v) is 10.6. The van der Waals surface area contributed by atoms with E-state index in [1.165, 1.54) is 32.1 Å². The monoisotopic (exact) mass is 288 g/mol. The molecule has 3 aliphatic heterocycles. The molecule has 4 aliphatic rings. The van der Waals surface area contributed by atoms with Crippen LogP contribution in [0.4, 0.5) is 0 Å². The second kappa shape index (κ2) is 3.36. The lowest BCUT2D eigenvalue weighted by Crippen LogP contribution is -2.45. The summed E-state index contributed by atoms with van der Waals surface area (Å²) in [5.41, 5.74) is 0. The molecule has 3 heterocycles. The average Bonchev–Trinajstić information content (AvgIpc) is 3.12. The Morgan fingerprint density at radius 1 is 1.06 bits per heavy atom. The van der Waals surface area contributed by atoms with E-state index < -0.39 is 0 Å². The van der Waals surface area contributed by atoms with Gasteiger partial charge >= 0.3 is 0 Å². The molecule has 4 rings (SSSR count). The number of unbranched alkanes of at least 4 members (excludes halogenated alkanes) is 3. The van der Waals surface area contributed by atoms with Gasteiger partial charge in [-0.05, 0) is 13.3 Å². The SMILES string of the molecule is CCCCCCC12SC1C1(O)SC1C1SC12C. The Labute approximate surface area is 116 Å². The number of hydrogen-bond donors (Lipinski definition) is 1. The first-order chi connectivity index (χ1) is 8.08. The highest BCUT2D eigenvalue weighted by Crippen LogP contribution is 2.90. The van der Waals surface area contributed by atoms with Crippen LogP contribution in [0.2, 0.25) is 0 Å². The van der Waals surface area contributed by atoms with Crippen molar-refractivity contribution >= 4 is 35.3 Å². The molecule has 1 saturated carbocycles. The van der Waals surface area contributed by atoms with Crippen molar-refractivity contribution in [2.24, 2.45) is 0 Å². The van der Waals surface area contributed by atoms with Crippen molar-refractivity contribution in [1.29, 1.82) is 0 Å². The molecule has 1 N–H and O–H groups in total. The minimum absolute atomic E-state index is 0.316. The third-order valence-electron chi connectivity index (χ3n) is 5.11. The summed E-state index contributed by atoms with van der Waals surface area (Å²) < 4.78 is 0.958. The predicted molar refractivity (Wildman–Crippen MR) is 79.0 cm³/mol. The van der Waals surface area contributed by atoms with E-state index in [4.69, 9.17) is 0 Å². The first kappa shape index (κ1) is 11.8. The van der Waals surface area contributed by atoms with Crippen LogP contribution in [-0.2, 0) is 0 Å². The lowest BCUT2D eigenvalue weighted by Gasteiger charge is -2.27. The Balaban J connectivity index is 1.48. The highest BCUT2D eigenvalue weighted by molar-refractivity contribution is 8.19. The summed E-state index contributed by atoms with van der Waals surface area (Å²) in [6.07, 6.45) is 6.79. The molecule has 96 valence electrons. The largest absolute Gasteiger partial charge is 0.377 e. The van der Waals surface area contributed by atoms with Crippen molar-refractivity contribution in [3.8, 4) is 0 Å². The molecule has 0 aromatic heterocycles. The zero-order chi connectivity index (χ0) is 11.9. The fraction of sp³-hybridized carbons (Fsp3) is 1.00. The fourth-order valence-electron chi connectivity index (χ4n) is 3.80. The Morgan fingerprint density at radius 2 is 1.88 bits per heavy atom. The molecule has 17 heavy (non-hydrogen) atoms. The minimum Gasteiger partial charge on any atom is -0.377 e. The van der Waals surface area contributed by atoms with Crippen molar-refractivity contribution in [1.82, 2.24) is 0 Å². The van der Waals surface area contributed by atoms with Crippen molar-refractivity contribution < 1.29 is 5.11 Å². The van der Waals surface area contributed by atoms with Gasteiger partial charge in [0.1, 0.15) is 4.93 Å². The summed E-state index contributed by atoms with van der Waals surface area (Å²) in [6.45, 7) is 4.74. The third-order valence-corrected chi connectivity index (χ3v) is 10.9. The first-order valence-electron chi connectivity index (χ1n) is 6.84. The fourth-order valence-corrected chi connectivity index (χ4v) is 9.94. The summed E-state index contributed by atoms with van der Waals surface area (Å²) in [7, 11) is 0. The van der Waals surface area contributed by atoms with Gasteiger partial charge in [0.2, 0.25) is 0 Å². The van der Waals surface area contributed by atoms with Gasteiger partial charge in [0.25, 0.3) is 0 Å². The van der Waals surface area contributed by atoms with Gasteiger partial charge in [-0.2, -0.15) is 0 Å². The Morgan fingerprint density at radius 3 is 2.65 bits per heavy atom. The standard InChI is InChI=1S/C13H20OS3/c1-3-4-5-6-7-12-10(17-12)13(14)9(16-13)8-11(12,2)15-8/h8-10,14H,3-7H2,1-2H3. The number of aliphatic hydroxyl groups is 1. The maximum atomic E-state index is 10.6. The van der Waals surface area contributed by atoms with Gasteiger partial charge in [0.05, 0.1) is 10.5 Å². The van der Waals surface area contributed by atoms with Gasteiger partial charge in [0.15, 0.2) is 0 Å². The van der Waals surface area contributed by atoms with Gasteiger partial charge in [0, 0.05) is 14.7 Å². The van der Waals surface area contributed by atoms with Crippen molar-refractivity contribution in [2.45, 2.75) is 76.1 Å². The molecule has 0 aromatic rings. The van der Waals surface area contributed by atoms with E-state index in [9.17, 15) is 5.11 Å². The zero-order valence-electron chi connectivity index (χ0n) is 10.4. The number of thioether (sulfide) groups is 3. The molecule has 6 atom stereocenters. The average molecular weight is 289 g/mol. The molecule has 4 fully saturated rings. The van der Waals surface area contributed by atoms with Crippen molar-refractivity contribution in [3.05, 3.63) is 0 Å². The highest BCUT2D eigenvalue weighted by Gasteiger charge is 2.91. The summed E-state index contributed by atoms with van der Waals surface area (Å²) in [5.74, 6) is 0. The van der Waals surface area contributed by atoms with Crippen LogP contribution in [0.3, 0.4) is 0 Å². The summed E-state index contributed by atoms with van der Waals surface area (Å²) in [5, 5.41) is 12.5.